The Morgan fingerprint density at radius 2 is 2.10 bits per heavy atom. The number of hydrogen-bond acceptors (Lipinski definition) is 5. The van der Waals surface area contributed by atoms with Gasteiger partial charge in [0.15, 0.2) is 5.16 Å². The van der Waals surface area contributed by atoms with Crippen LogP contribution in [-0.2, 0) is 4.79 Å². The summed E-state index contributed by atoms with van der Waals surface area (Å²) in [7, 11) is 0. The monoisotopic (exact) mass is 468 g/mol. The van der Waals surface area contributed by atoms with Crippen molar-refractivity contribution in [3.63, 3.8) is 0 Å². The summed E-state index contributed by atoms with van der Waals surface area (Å²) in [4.78, 5) is 15.4. The first-order valence-corrected chi connectivity index (χ1v) is 10.6. The Balaban J connectivity index is 1.39. The van der Waals surface area contributed by atoms with E-state index in [1.807, 2.05) is 66.2 Å². The Hall–Kier alpha value is -2.91. The molecule has 29 heavy (non-hydrogen) atoms. The summed E-state index contributed by atoms with van der Waals surface area (Å²) in [6, 6.07) is 15.8. The standard InChI is InChI=1S/C20H17BrN6OS/c1-13-24-26-20(27(13)16-5-3-2-4-6-16)29-12-19(28)25-23-11-14-10-22-18-8-7-15(21)9-17(14)18/h2-11,22H,12H2,1H3,(H,25,28)/b23-11+. The van der Waals surface area contributed by atoms with Gasteiger partial charge < -0.3 is 4.98 Å². The second kappa shape index (κ2) is 8.62. The van der Waals surface area contributed by atoms with Gasteiger partial charge in [-0.05, 0) is 37.3 Å². The third kappa shape index (κ3) is 4.41. The summed E-state index contributed by atoms with van der Waals surface area (Å²) in [5.74, 6) is 0.733. The first-order chi connectivity index (χ1) is 14.1. The number of hydrazone groups is 1. The Morgan fingerprint density at radius 1 is 1.28 bits per heavy atom. The Labute approximate surface area is 179 Å². The van der Waals surface area contributed by atoms with Gasteiger partial charge in [0.25, 0.3) is 5.91 Å². The lowest BCUT2D eigenvalue weighted by atomic mass is 10.2. The molecule has 0 fully saturated rings. The highest BCUT2D eigenvalue weighted by Crippen LogP contribution is 2.22. The SMILES string of the molecule is Cc1nnc(SCC(=O)N/N=C/c2c[nH]c3ccc(Br)cc23)n1-c1ccccc1. The van der Waals surface area contributed by atoms with Crippen molar-refractivity contribution in [3.05, 3.63) is 70.6 Å². The number of nitrogens with zero attached hydrogens (tertiary/aromatic N) is 4. The third-order valence-electron chi connectivity index (χ3n) is 4.21. The number of benzene rings is 2. The van der Waals surface area contributed by atoms with Gasteiger partial charge in [0, 0.05) is 32.8 Å². The highest BCUT2D eigenvalue weighted by atomic mass is 79.9. The zero-order valence-corrected chi connectivity index (χ0v) is 17.9. The van der Waals surface area contributed by atoms with Crippen molar-refractivity contribution < 1.29 is 4.79 Å². The van der Waals surface area contributed by atoms with Crippen molar-refractivity contribution in [2.45, 2.75) is 12.1 Å². The van der Waals surface area contributed by atoms with Gasteiger partial charge in [-0.25, -0.2) is 5.43 Å². The van der Waals surface area contributed by atoms with E-state index >= 15 is 0 Å². The maximum Gasteiger partial charge on any atom is 0.250 e. The molecule has 2 aromatic heterocycles. The number of carbonyl (C=O) groups is 1. The van der Waals surface area contributed by atoms with Crippen molar-refractivity contribution in [2.75, 3.05) is 5.75 Å². The number of para-hydroxylation sites is 1. The van der Waals surface area contributed by atoms with Crippen molar-refractivity contribution in [1.29, 1.82) is 0 Å². The predicted molar refractivity (Wildman–Crippen MR) is 119 cm³/mol. The molecule has 0 saturated heterocycles. The number of rotatable bonds is 6. The van der Waals surface area contributed by atoms with E-state index in [0.717, 1.165) is 32.5 Å². The fourth-order valence-electron chi connectivity index (χ4n) is 2.87. The van der Waals surface area contributed by atoms with Gasteiger partial charge in [0.2, 0.25) is 0 Å². The number of carbonyl (C=O) groups excluding carboxylic acids is 1. The molecule has 0 aliphatic carbocycles. The van der Waals surface area contributed by atoms with Crippen molar-refractivity contribution in [1.82, 2.24) is 25.2 Å². The molecule has 4 rings (SSSR count). The number of aromatic nitrogens is 4. The molecule has 0 radical (unpaired) electrons. The molecule has 0 atom stereocenters. The average molecular weight is 469 g/mol. The van der Waals surface area contributed by atoms with Gasteiger partial charge in [-0.3, -0.25) is 9.36 Å². The second-order valence-corrected chi connectivity index (χ2v) is 8.07. The van der Waals surface area contributed by atoms with Gasteiger partial charge in [-0.15, -0.1) is 10.2 Å². The molecule has 0 aliphatic heterocycles. The number of H-pyrrole nitrogens is 1. The molecule has 9 heteroatoms. The molecule has 0 aliphatic rings. The molecule has 1 amide bonds. The smallest absolute Gasteiger partial charge is 0.250 e. The van der Waals surface area contributed by atoms with E-state index in [2.05, 4.69) is 41.6 Å². The summed E-state index contributed by atoms with van der Waals surface area (Å²) in [5, 5.41) is 14.1. The average Bonchev–Trinajstić information content (AvgIpc) is 3.30. The Kier molecular flexibility index (Phi) is 5.77. The molecular formula is C20H17BrN6OS. The normalized spacial score (nSPS) is 11.4. The lowest BCUT2D eigenvalue weighted by Crippen LogP contribution is -2.20. The molecule has 0 saturated carbocycles. The van der Waals surface area contributed by atoms with E-state index in [-0.39, 0.29) is 11.7 Å². The minimum Gasteiger partial charge on any atom is -0.361 e. The summed E-state index contributed by atoms with van der Waals surface area (Å²) >= 11 is 4.78. The number of halogens is 1. The largest absolute Gasteiger partial charge is 0.361 e. The van der Waals surface area contributed by atoms with Gasteiger partial charge >= 0.3 is 0 Å². The zero-order chi connectivity index (χ0) is 20.2. The topological polar surface area (TPSA) is 88.0 Å². The molecule has 7 nitrogen and oxygen atoms in total. The molecule has 146 valence electrons. The Morgan fingerprint density at radius 3 is 2.93 bits per heavy atom. The zero-order valence-electron chi connectivity index (χ0n) is 15.5. The second-order valence-electron chi connectivity index (χ2n) is 6.22. The van der Waals surface area contributed by atoms with Crippen LogP contribution < -0.4 is 5.43 Å². The number of amides is 1. The highest BCUT2D eigenvalue weighted by molar-refractivity contribution is 9.10. The van der Waals surface area contributed by atoms with Crippen LogP contribution in [0.25, 0.3) is 16.6 Å². The van der Waals surface area contributed by atoms with E-state index in [4.69, 9.17) is 0 Å². The fraction of sp³-hybridized carbons (Fsp3) is 0.100. The van der Waals surface area contributed by atoms with Crippen LogP contribution in [0.4, 0.5) is 0 Å². The van der Waals surface area contributed by atoms with Gasteiger partial charge in [-0.2, -0.15) is 5.10 Å². The minimum atomic E-state index is -0.215. The summed E-state index contributed by atoms with van der Waals surface area (Å²) in [5.41, 5.74) is 5.43. The van der Waals surface area contributed by atoms with E-state index in [1.165, 1.54) is 11.8 Å². The number of fused-ring (bicyclic) bond motifs is 1. The van der Waals surface area contributed by atoms with Gasteiger partial charge in [0.1, 0.15) is 5.82 Å². The molecular weight excluding hydrogens is 452 g/mol. The summed E-state index contributed by atoms with van der Waals surface area (Å²) < 4.78 is 2.91. The van der Waals surface area contributed by atoms with Crippen molar-refractivity contribution in [3.8, 4) is 5.69 Å². The van der Waals surface area contributed by atoms with Crippen LogP contribution in [0.2, 0.25) is 0 Å². The third-order valence-corrected chi connectivity index (χ3v) is 5.63. The van der Waals surface area contributed by atoms with E-state index in [1.54, 1.807) is 6.21 Å². The maximum absolute atomic E-state index is 12.2. The van der Waals surface area contributed by atoms with Crippen LogP contribution in [0.1, 0.15) is 11.4 Å². The fourth-order valence-corrected chi connectivity index (χ4v) is 4.02. The molecule has 0 bridgehead atoms. The van der Waals surface area contributed by atoms with Crippen LogP contribution in [0.15, 0.2) is 69.5 Å². The quantitative estimate of drug-likeness (QED) is 0.253. The molecule has 2 N–H and O–H groups in total. The van der Waals surface area contributed by atoms with Crippen molar-refractivity contribution in [2.24, 2.45) is 5.10 Å². The van der Waals surface area contributed by atoms with Gasteiger partial charge in [-0.1, -0.05) is 45.9 Å². The number of aromatic amines is 1. The molecule has 0 spiro atoms. The van der Waals surface area contributed by atoms with Crippen LogP contribution >= 0.6 is 27.7 Å². The summed E-state index contributed by atoms with van der Waals surface area (Å²) in [6.07, 6.45) is 3.48. The molecule has 2 heterocycles. The first-order valence-electron chi connectivity index (χ1n) is 8.80. The predicted octanol–water partition coefficient (Wildman–Crippen LogP) is 4.06. The highest BCUT2D eigenvalue weighted by Gasteiger charge is 2.13. The molecule has 4 aromatic rings. The lowest BCUT2D eigenvalue weighted by Gasteiger charge is -2.07. The number of hydrogen-bond donors (Lipinski definition) is 2. The van der Waals surface area contributed by atoms with Crippen molar-refractivity contribution >= 4 is 50.7 Å². The minimum absolute atomic E-state index is 0.182. The van der Waals surface area contributed by atoms with E-state index < -0.39 is 0 Å². The molecule has 2 aromatic carbocycles. The molecule has 0 unspecified atom stereocenters. The van der Waals surface area contributed by atoms with Crippen LogP contribution in [0.3, 0.4) is 0 Å². The Bertz CT molecular complexity index is 1180. The van der Waals surface area contributed by atoms with Crippen LogP contribution in [0, 0.1) is 6.92 Å². The summed E-state index contributed by atoms with van der Waals surface area (Å²) in [6.45, 7) is 1.88. The van der Waals surface area contributed by atoms with Gasteiger partial charge in [0.05, 0.1) is 12.0 Å². The number of thioether (sulfide) groups is 1. The number of aryl methyl sites for hydroxylation is 1. The number of nitrogens with one attached hydrogen (secondary N) is 2. The van der Waals surface area contributed by atoms with E-state index in [9.17, 15) is 4.79 Å². The first kappa shape index (κ1) is 19.4. The van der Waals surface area contributed by atoms with Crippen LogP contribution in [0.5, 0.6) is 0 Å². The van der Waals surface area contributed by atoms with Crippen LogP contribution in [-0.4, -0.2) is 37.6 Å². The lowest BCUT2D eigenvalue weighted by molar-refractivity contribution is -0.118. The maximum atomic E-state index is 12.2. The van der Waals surface area contributed by atoms with E-state index in [0.29, 0.717) is 5.16 Å².